The summed E-state index contributed by atoms with van der Waals surface area (Å²) in [5, 5.41) is 2.49. The second-order valence-electron chi connectivity index (χ2n) is 2.24. The van der Waals surface area contributed by atoms with Crippen molar-refractivity contribution in [2.45, 2.75) is 19.4 Å². The van der Waals surface area contributed by atoms with Crippen molar-refractivity contribution >= 4 is 11.9 Å². The lowest BCUT2D eigenvalue weighted by atomic mass is 10.2. The maximum Gasteiger partial charge on any atom is 0.291 e. The molecule has 0 aromatic carbocycles. The van der Waals surface area contributed by atoms with Crippen LogP contribution in [0.4, 0.5) is 0 Å². The van der Waals surface area contributed by atoms with Gasteiger partial charge in [-0.25, -0.2) is 4.99 Å². The summed E-state index contributed by atoms with van der Waals surface area (Å²) in [5.41, 5.74) is 0. The standard InChI is InChI=1S/C6H10N2O2/c1-4-3-5(9)8-6(7-4)10-2/h4H,3H2,1-2H3,(H,7,8,9). The average Bonchev–Trinajstić information content (AvgIpc) is 1.85. The fourth-order valence-electron chi connectivity index (χ4n) is 0.820. The van der Waals surface area contributed by atoms with E-state index in [2.05, 4.69) is 10.3 Å². The zero-order valence-electron chi connectivity index (χ0n) is 6.05. The van der Waals surface area contributed by atoms with Crippen molar-refractivity contribution in [2.75, 3.05) is 7.11 Å². The molecule has 0 saturated heterocycles. The van der Waals surface area contributed by atoms with Gasteiger partial charge in [0.05, 0.1) is 13.2 Å². The molecule has 1 heterocycles. The van der Waals surface area contributed by atoms with E-state index in [1.54, 1.807) is 0 Å². The zero-order chi connectivity index (χ0) is 7.56. The average molecular weight is 142 g/mol. The van der Waals surface area contributed by atoms with Crippen molar-refractivity contribution in [1.29, 1.82) is 0 Å². The first kappa shape index (κ1) is 7.05. The minimum Gasteiger partial charge on any atom is -0.468 e. The third kappa shape index (κ3) is 1.46. The molecule has 0 aromatic heterocycles. The van der Waals surface area contributed by atoms with Crippen LogP contribution in [0.25, 0.3) is 0 Å². The Morgan fingerprint density at radius 1 is 1.80 bits per heavy atom. The molecule has 1 rings (SSSR count). The summed E-state index contributed by atoms with van der Waals surface area (Å²) in [6.45, 7) is 1.87. The molecule has 1 amide bonds. The van der Waals surface area contributed by atoms with Gasteiger partial charge in [-0.05, 0) is 6.92 Å². The SMILES string of the molecule is COC1=NC(C)CC(=O)N1. The number of carbonyl (C=O) groups is 1. The highest BCUT2D eigenvalue weighted by atomic mass is 16.5. The third-order valence-corrected chi connectivity index (χ3v) is 1.26. The second-order valence-corrected chi connectivity index (χ2v) is 2.24. The number of methoxy groups -OCH3 is 1. The molecule has 0 aromatic rings. The molecule has 1 aliphatic rings. The molecule has 1 aliphatic heterocycles. The minimum absolute atomic E-state index is 0.0284. The third-order valence-electron chi connectivity index (χ3n) is 1.26. The van der Waals surface area contributed by atoms with E-state index in [4.69, 9.17) is 4.74 Å². The lowest BCUT2D eigenvalue weighted by Crippen LogP contribution is -2.38. The Bertz CT molecular complexity index is 177. The van der Waals surface area contributed by atoms with E-state index in [1.807, 2.05) is 6.92 Å². The number of hydrogen-bond donors (Lipinski definition) is 1. The molecule has 0 radical (unpaired) electrons. The molecule has 1 N–H and O–H groups in total. The van der Waals surface area contributed by atoms with Crippen LogP contribution in [0.2, 0.25) is 0 Å². The first-order valence-electron chi connectivity index (χ1n) is 3.14. The first-order chi connectivity index (χ1) is 4.72. The van der Waals surface area contributed by atoms with Crippen molar-refractivity contribution in [3.63, 3.8) is 0 Å². The molecule has 0 spiro atoms. The van der Waals surface area contributed by atoms with Gasteiger partial charge in [0.1, 0.15) is 0 Å². The molecule has 0 saturated carbocycles. The molecular weight excluding hydrogens is 132 g/mol. The van der Waals surface area contributed by atoms with Crippen molar-refractivity contribution < 1.29 is 9.53 Å². The summed E-state index contributed by atoms with van der Waals surface area (Å²) in [7, 11) is 1.48. The predicted molar refractivity (Wildman–Crippen MR) is 36.7 cm³/mol. The molecule has 10 heavy (non-hydrogen) atoms. The number of amides is 1. The molecule has 0 bridgehead atoms. The number of carbonyl (C=O) groups excluding carboxylic acids is 1. The van der Waals surface area contributed by atoms with Crippen molar-refractivity contribution in [2.24, 2.45) is 4.99 Å². The fraction of sp³-hybridized carbons (Fsp3) is 0.667. The summed E-state index contributed by atoms with van der Waals surface area (Å²) in [5.74, 6) is -0.0284. The number of aliphatic imine (C=N–C) groups is 1. The van der Waals surface area contributed by atoms with E-state index < -0.39 is 0 Å². The quantitative estimate of drug-likeness (QED) is 0.513. The van der Waals surface area contributed by atoms with Gasteiger partial charge in [-0.1, -0.05) is 0 Å². The molecular formula is C6H10N2O2. The number of amidine groups is 1. The number of ether oxygens (including phenoxy) is 1. The van der Waals surface area contributed by atoms with E-state index in [0.717, 1.165) is 0 Å². The number of nitrogens with zero attached hydrogens (tertiary/aromatic N) is 1. The zero-order valence-corrected chi connectivity index (χ0v) is 6.05. The van der Waals surface area contributed by atoms with E-state index in [-0.39, 0.29) is 11.9 Å². The Labute approximate surface area is 59.3 Å². The summed E-state index contributed by atoms with van der Waals surface area (Å²) in [6, 6.07) is 0.368. The van der Waals surface area contributed by atoms with Crippen LogP contribution in [0, 0.1) is 0 Å². The molecule has 0 aliphatic carbocycles. The van der Waals surface area contributed by atoms with E-state index in [9.17, 15) is 4.79 Å². The maximum atomic E-state index is 10.8. The predicted octanol–water partition coefficient (Wildman–Crippen LogP) is -0.103. The molecule has 4 heteroatoms. The molecule has 4 nitrogen and oxygen atoms in total. The van der Waals surface area contributed by atoms with Crippen LogP contribution in [0.5, 0.6) is 0 Å². The fourth-order valence-corrected chi connectivity index (χ4v) is 0.820. The van der Waals surface area contributed by atoms with Crippen LogP contribution in [0.15, 0.2) is 4.99 Å². The Morgan fingerprint density at radius 3 is 3.00 bits per heavy atom. The van der Waals surface area contributed by atoms with E-state index in [0.29, 0.717) is 12.4 Å². The summed E-state index contributed by atoms with van der Waals surface area (Å²) in [4.78, 5) is 14.8. The van der Waals surface area contributed by atoms with Gasteiger partial charge in [-0.15, -0.1) is 0 Å². The Morgan fingerprint density at radius 2 is 2.50 bits per heavy atom. The Kier molecular flexibility index (Phi) is 1.89. The number of hydrogen-bond acceptors (Lipinski definition) is 3. The molecule has 1 atom stereocenters. The second kappa shape index (κ2) is 2.68. The lowest BCUT2D eigenvalue weighted by Gasteiger charge is -2.15. The van der Waals surface area contributed by atoms with Gasteiger partial charge >= 0.3 is 0 Å². The van der Waals surface area contributed by atoms with Crippen molar-refractivity contribution in [3.8, 4) is 0 Å². The van der Waals surface area contributed by atoms with Crippen LogP contribution in [-0.4, -0.2) is 25.1 Å². The van der Waals surface area contributed by atoms with E-state index >= 15 is 0 Å². The topological polar surface area (TPSA) is 50.7 Å². The van der Waals surface area contributed by atoms with Crippen LogP contribution in [-0.2, 0) is 9.53 Å². The van der Waals surface area contributed by atoms with Crippen LogP contribution in [0.3, 0.4) is 0 Å². The maximum absolute atomic E-state index is 10.8. The van der Waals surface area contributed by atoms with Crippen molar-refractivity contribution in [3.05, 3.63) is 0 Å². The van der Waals surface area contributed by atoms with Gasteiger partial charge in [-0.2, -0.15) is 0 Å². The normalized spacial score (nSPS) is 25.2. The molecule has 0 fully saturated rings. The first-order valence-corrected chi connectivity index (χ1v) is 3.14. The van der Waals surface area contributed by atoms with Gasteiger partial charge in [-0.3, -0.25) is 10.1 Å². The highest BCUT2D eigenvalue weighted by molar-refractivity contribution is 5.96. The smallest absolute Gasteiger partial charge is 0.291 e. The summed E-state index contributed by atoms with van der Waals surface area (Å²) < 4.78 is 4.75. The highest BCUT2D eigenvalue weighted by Crippen LogP contribution is 2.01. The molecule has 56 valence electrons. The van der Waals surface area contributed by atoms with Gasteiger partial charge in [0, 0.05) is 6.42 Å². The van der Waals surface area contributed by atoms with Gasteiger partial charge in [0.2, 0.25) is 5.91 Å². The van der Waals surface area contributed by atoms with Crippen LogP contribution < -0.4 is 5.32 Å². The van der Waals surface area contributed by atoms with Crippen molar-refractivity contribution in [1.82, 2.24) is 5.32 Å². The minimum atomic E-state index is -0.0284. The summed E-state index contributed by atoms with van der Waals surface area (Å²) >= 11 is 0. The largest absolute Gasteiger partial charge is 0.468 e. The summed E-state index contributed by atoms with van der Waals surface area (Å²) in [6.07, 6.45) is 0.451. The van der Waals surface area contributed by atoms with Gasteiger partial charge in [0.15, 0.2) is 0 Å². The number of rotatable bonds is 0. The lowest BCUT2D eigenvalue weighted by molar-refractivity contribution is -0.120. The van der Waals surface area contributed by atoms with E-state index in [1.165, 1.54) is 7.11 Å². The van der Waals surface area contributed by atoms with Gasteiger partial charge < -0.3 is 4.74 Å². The van der Waals surface area contributed by atoms with Gasteiger partial charge in [0.25, 0.3) is 6.02 Å². The highest BCUT2D eigenvalue weighted by Gasteiger charge is 2.16. The monoisotopic (exact) mass is 142 g/mol. The Hall–Kier alpha value is -1.06. The van der Waals surface area contributed by atoms with Crippen LogP contribution >= 0.6 is 0 Å². The van der Waals surface area contributed by atoms with Crippen LogP contribution in [0.1, 0.15) is 13.3 Å². The Balaban J connectivity index is 2.65. The molecule has 1 unspecified atom stereocenters. The number of nitrogens with one attached hydrogen (secondary N) is 1.